The molecule has 0 aliphatic carbocycles. The van der Waals surface area contributed by atoms with Crippen LogP contribution < -0.4 is 11.1 Å². The van der Waals surface area contributed by atoms with Crippen LogP contribution in [-0.4, -0.2) is 54.7 Å². The van der Waals surface area contributed by atoms with E-state index in [0.717, 1.165) is 45.3 Å². The summed E-state index contributed by atoms with van der Waals surface area (Å²) in [5, 5.41) is 3.32. The summed E-state index contributed by atoms with van der Waals surface area (Å²) in [6.45, 7) is 11.1. The molecule has 5 heteroatoms. The number of likely N-dealkylation sites (tertiary alicyclic amines) is 1. The summed E-state index contributed by atoms with van der Waals surface area (Å²) in [6, 6.07) is 0.293. The average Bonchev–Trinajstić information content (AvgIpc) is 2.45. The van der Waals surface area contributed by atoms with E-state index in [1.807, 2.05) is 6.92 Å². The SMILES string of the molecule is CCCNC(C)(CC(C)N1CCCC(C)(OC)C1)C(N)=O. The van der Waals surface area contributed by atoms with E-state index in [1.165, 1.54) is 0 Å². The molecule has 1 aliphatic rings. The molecule has 1 saturated heterocycles. The fourth-order valence-corrected chi connectivity index (χ4v) is 3.17. The lowest BCUT2D eigenvalue weighted by molar-refractivity contribution is -0.125. The van der Waals surface area contributed by atoms with E-state index < -0.39 is 5.54 Å². The van der Waals surface area contributed by atoms with Gasteiger partial charge in [-0.15, -0.1) is 0 Å². The highest BCUT2D eigenvalue weighted by atomic mass is 16.5. The van der Waals surface area contributed by atoms with Gasteiger partial charge in [0.25, 0.3) is 0 Å². The number of hydrogen-bond donors (Lipinski definition) is 2. The van der Waals surface area contributed by atoms with Gasteiger partial charge in [0, 0.05) is 19.7 Å². The van der Waals surface area contributed by atoms with Gasteiger partial charge in [-0.1, -0.05) is 6.92 Å². The first-order valence-electron chi connectivity index (χ1n) is 8.10. The molecule has 1 amide bonds. The fourth-order valence-electron chi connectivity index (χ4n) is 3.17. The second-order valence-corrected chi connectivity index (χ2v) is 6.90. The lowest BCUT2D eigenvalue weighted by Gasteiger charge is -2.44. The van der Waals surface area contributed by atoms with E-state index in [0.29, 0.717) is 6.04 Å². The third-order valence-electron chi connectivity index (χ3n) is 4.82. The highest BCUT2D eigenvalue weighted by Crippen LogP contribution is 2.27. The number of rotatable bonds is 8. The second-order valence-electron chi connectivity index (χ2n) is 6.90. The monoisotopic (exact) mass is 299 g/mol. The molecule has 1 fully saturated rings. The Labute approximate surface area is 129 Å². The van der Waals surface area contributed by atoms with Crippen molar-refractivity contribution in [2.24, 2.45) is 5.73 Å². The number of piperidine rings is 1. The standard InChI is InChI=1S/C16H33N3O2/c1-6-9-18-16(4,14(17)20)11-13(2)19-10-7-8-15(3,12-19)21-5/h13,18H,6-12H2,1-5H3,(H2,17,20). The molecule has 0 aromatic carbocycles. The van der Waals surface area contributed by atoms with Gasteiger partial charge in [-0.25, -0.2) is 0 Å². The highest BCUT2D eigenvalue weighted by Gasteiger charge is 2.37. The molecule has 3 atom stereocenters. The summed E-state index contributed by atoms with van der Waals surface area (Å²) in [7, 11) is 1.78. The van der Waals surface area contributed by atoms with Gasteiger partial charge in [-0.05, 0) is 59.5 Å². The van der Waals surface area contributed by atoms with Crippen LogP contribution in [0.1, 0.15) is 53.4 Å². The van der Waals surface area contributed by atoms with Crippen LogP contribution in [0.4, 0.5) is 0 Å². The number of primary amides is 1. The average molecular weight is 299 g/mol. The summed E-state index contributed by atoms with van der Waals surface area (Å²) in [6.07, 6.45) is 3.93. The third kappa shape index (κ3) is 4.94. The Morgan fingerprint density at radius 1 is 1.57 bits per heavy atom. The quantitative estimate of drug-likeness (QED) is 0.713. The van der Waals surface area contributed by atoms with Crippen molar-refractivity contribution in [1.29, 1.82) is 0 Å². The van der Waals surface area contributed by atoms with Crippen LogP contribution in [0.2, 0.25) is 0 Å². The number of nitrogens with two attached hydrogens (primary N) is 1. The topological polar surface area (TPSA) is 67.6 Å². The van der Waals surface area contributed by atoms with Gasteiger partial charge < -0.3 is 15.8 Å². The van der Waals surface area contributed by atoms with Crippen LogP contribution >= 0.6 is 0 Å². The van der Waals surface area contributed by atoms with E-state index in [9.17, 15) is 4.79 Å². The largest absolute Gasteiger partial charge is 0.377 e. The third-order valence-corrected chi connectivity index (χ3v) is 4.82. The minimum Gasteiger partial charge on any atom is -0.377 e. The number of hydrogen-bond acceptors (Lipinski definition) is 4. The van der Waals surface area contributed by atoms with Crippen LogP contribution in [0.25, 0.3) is 0 Å². The molecule has 21 heavy (non-hydrogen) atoms. The first kappa shape index (κ1) is 18.4. The summed E-state index contributed by atoms with van der Waals surface area (Å²) in [5.74, 6) is -0.269. The number of ether oxygens (including phenoxy) is 1. The van der Waals surface area contributed by atoms with Gasteiger partial charge in [0.1, 0.15) is 0 Å². The summed E-state index contributed by atoms with van der Waals surface area (Å²) < 4.78 is 5.65. The Bertz CT molecular complexity index is 350. The van der Waals surface area contributed by atoms with Crippen molar-refractivity contribution < 1.29 is 9.53 Å². The van der Waals surface area contributed by atoms with E-state index in [-0.39, 0.29) is 11.5 Å². The molecule has 124 valence electrons. The molecule has 0 saturated carbocycles. The first-order valence-corrected chi connectivity index (χ1v) is 8.10. The Morgan fingerprint density at radius 3 is 2.76 bits per heavy atom. The van der Waals surface area contributed by atoms with Crippen LogP contribution in [0.3, 0.4) is 0 Å². The summed E-state index contributed by atoms with van der Waals surface area (Å²) in [4.78, 5) is 14.3. The van der Waals surface area contributed by atoms with Crippen molar-refractivity contribution in [3.63, 3.8) is 0 Å². The predicted molar refractivity (Wildman–Crippen MR) is 86.2 cm³/mol. The van der Waals surface area contributed by atoms with Crippen LogP contribution in [0.15, 0.2) is 0 Å². The smallest absolute Gasteiger partial charge is 0.237 e. The Balaban J connectivity index is 2.68. The van der Waals surface area contributed by atoms with E-state index in [4.69, 9.17) is 10.5 Å². The molecule has 0 aromatic rings. The van der Waals surface area contributed by atoms with Crippen molar-refractivity contribution in [2.45, 2.75) is 70.6 Å². The maximum atomic E-state index is 11.8. The van der Waals surface area contributed by atoms with E-state index >= 15 is 0 Å². The van der Waals surface area contributed by atoms with Gasteiger partial charge in [0.05, 0.1) is 11.1 Å². The zero-order chi connectivity index (χ0) is 16.1. The molecule has 1 aliphatic heterocycles. The van der Waals surface area contributed by atoms with Crippen molar-refractivity contribution in [2.75, 3.05) is 26.7 Å². The van der Waals surface area contributed by atoms with Gasteiger partial charge in [0.2, 0.25) is 5.91 Å². The van der Waals surface area contributed by atoms with Crippen LogP contribution in [0.5, 0.6) is 0 Å². The van der Waals surface area contributed by atoms with Crippen LogP contribution in [-0.2, 0) is 9.53 Å². The number of nitrogens with one attached hydrogen (secondary N) is 1. The molecule has 1 heterocycles. The molecule has 0 spiro atoms. The van der Waals surface area contributed by atoms with Crippen molar-refractivity contribution in [3.05, 3.63) is 0 Å². The first-order chi connectivity index (χ1) is 9.76. The highest BCUT2D eigenvalue weighted by molar-refractivity contribution is 5.84. The lowest BCUT2D eigenvalue weighted by Crippen LogP contribution is -2.58. The predicted octanol–water partition coefficient (Wildman–Crippen LogP) is 1.51. The molecule has 0 bridgehead atoms. The molecule has 1 rings (SSSR count). The molecule has 0 radical (unpaired) electrons. The Hall–Kier alpha value is -0.650. The number of nitrogens with zero attached hydrogens (tertiary/aromatic N) is 1. The Kier molecular flexibility index (Phi) is 6.63. The maximum absolute atomic E-state index is 11.8. The molecular formula is C16H33N3O2. The minimum atomic E-state index is -0.643. The molecule has 5 nitrogen and oxygen atoms in total. The van der Waals surface area contributed by atoms with Gasteiger partial charge in [-0.3, -0.25) is 9.69 Å². The second kappa shape index (κ2) is 7.56. The number of carbonyl (C=O) groups is 1. The van der Waals surface area contributed by atoms with Crippen LogP contribution in [0, 0.1) is 0 Å². The number of carbonyl (C=O) groups excluding carboxylic acids is 1. The molecule has 3 N–H and O–H groups in total. The van der Waals surface area contributed by atoms with Gasteiger partial charge in [0.15, 0.2) is 0 Å². The fraction of sp³-hybridized carbons (Fsp3) is 0.938. The summed E-state index contributed by atoms with van der Waals surface area (Å²) >= 11 is 0. The number of amides is 1. The number of methoxy groups -OCH3 is 1. The normalized spacial score (nSPS) is 28.0. The molecule has 3 unspecified atom stereocenters. The van der Waals surface area contributed by atoms with Crippen molar-refractivity contribution in [1.82, 2.24) is 10.2 Å². The Morgan fingerprint density at radius 2 is 2.24 bits per heavy atom. The molecular weight excluding hydrogens is 266 g/mol. The summed E-state index contributed by atoms with van der Waals surface area (Å²) in [5.41, 5.74) is 4.90. The zero-order valence-corrected chi connectivity index (χ0v) is 14.4. The maximum Gasteiger partial charge on any atom is 0.237 e. The van der Waals surface area contributed by atoms with E-state index in [2.05, 4.69) is 31.0 Å². The lowest BCUT2D eigenvalue weighted by atomic mass is 9.88. The minimum absolute atomic E-state index is 0.0769. The van der Waals surface area contributed by atoms with Crippen molar-refractivity contribution >= 4 is 5.91 Å². The van der Waals surface area contributed by atoms with Gasteiger partial charge >= 0.3 is 0 Å². The van der Waals surface area contributed by atoms with Gasteiger partial charge in [-0.2, -0.15) is 0 Å². The molecule has 0 aromatic heterocycles. The van der Waals surface area contributed by atoms with E-state index in [1.54, 1.807) is 7.11 Å². The van der Waals surface area contributed by atoms with Crippen molar-refractivity contribution in [3.8, 4) is 0 Å². The zero-order valence-electron chi connectivity index (χ0n) is 14.4.